The van der Waals surface area contributed by atoms with E-state index < -0.39 is 28.0 Å². The lowest BCUT2D eigenvalue weighted by Crippen LogP contribution is -2.18. The first kappa shape index (κ1) is 11.9. The SMILES string of the molecule is Nc1ccc2nc(S(=O)CC(F)(F)F)oc2c1. The summed E-state index contributed by atoms with van der Waals surface area (Å²) in [5, 5.41) is -0.442. The fraction of sp³-hybridized carbons (Fsp3) is 0.222. The van der Waals surface area contributed by atoms with E-state index in [4.69, 9.17) is 10.2 Å². The van der Waals surface area contributed by atoms with Crippen molar-refractivity contribution >= 4 is 27.6 Å². The fourth-order valence-electron chi connectivity index (χ4n) is 1.23. The number of anilines is 1. The molecule has 0 aliphatic heterocycles. The number of oxazole rings is 1. The van der Waals surface area contributed by atoms with Gasteiger partial charge < -0.3 is 10.2 Å². The molecule has 0 saturated carbocycles. The van der Waals surface area contributed by atoms with Gasteiger partial charge in [0.1, 0.15) is 22.1 Å². The monoisotopic (exact) mass is 264 g/mol. The van der Waals surface area contributed by atoms with Crippen LogP contribution in [0, 0.1) is 0 Å². The summed E-state index contributed by atoms with van der Waals surface area (Å²) in [4.78, 5) is 3.72. The molecule has 1 unspecified atom stereocenters. The van der Waals surface area contributed by atoms with Gasteiger partial charge in [-0.3, -0.25) is 0 Å². The molecule has 0 radical (unpaired) electrons. The maximum Gasteiger partial charge on any atom is 0.400 e. The molecule has 1 heterocycles. The smallest absolute Gasteiger partial charge is 0.400 e. The number of aromatic nitrogens is 1. The van der Waals surface area contributed by atoms with Crippen molar-refractivity contribution < 1.29 is 21.8 Å². The summed E-state index contributed by atoms with van der Waals surface area (Å²) in [6, 6.07) is 4.43. The molecule has 0 bridgehead atoms. The van der Waals surface area contributed by atoms with Crippen molar-refractivity contribution in [3.63, 3.8) is 0 Å². The highest BCUT2D eigenvalue weighted by Crippen LogP contribution is 2.23. The van der Waals surface area contributed by atoms with Crippen LogP contribution in [0.25, 0.3) is 11.1 Å². The van der Waals surface area contributed by atoms with E-state index in [0.29, 0.717) is 11.2 Å². The lowest BCUT2D eigenvalue weighted by molar-refractivity contribution is -0.106. The number of alkyl halides is 3. The highest BCUT2D eigenvalue weighted by molar-refractivity contribution is 7.84. The lowest BCUT2D eigenvalue weighted by Gasteiger charge is -2.02. The Morgan fingerprint density at radius 1 is 1.41 bits per heavy atom. The summed E-state index contributed by atoms with van der Waals surface area (Å²) >= 11 is 0. The molecule has 0 amide bonds. The van der Waals surface area contributed by atoms with Gasteiger partial charge in [0.2, 0.25) is 0 Å². The Balaban J connectivity index is 2.33. The molecular formula is C9H7F3N2O2S. The van der Waals surface area contributed by atoms with Crippen molar-refractivity contribution in [3.05, 3.63) is 18.2 Å². The van der Waals surface area contributed by atoms with E-state index >= 15 is 0 Å². The number of benzene rings is 1. The van der Waals surface area contributed by atoms with Crippen molar-refractivity contribution in [2.75, 3.05) is 11.5 Å². The number of nitrogens with two attached hydrogens (primary N) is 1. The van der Waals surface area contributed by atoms with Crippen LogP contribution >= 0.6 is 0 Å². The Morgan fingerprint density at radius 2 is 2.12 bits per heavy atom. The van der Waals surface area contributed by atoms with E-state index in [0.717, 1.165) is 0 Å². The summed E-state index contributed by atoms with van der Waals surface area (Å²) in [6.07, 6.45) is -4.52. The second-order valence-electron chi connectivity index (χ2n) is 3.31. The molecule has 1 atom stereocenters. The van der Waals surface area contributed by atoms with Gasteiger partial charge in [-0.15, -0.1) is 0 Å². The normalized spacial score (nSPS) is 14.1. The third-order valence-electron chi connectivity index (χ3n) is 1.88. The molecule has 0 saturated heterocycles. The lowest BCUT2D eigenvalue weighted by atomic mass is 10.3. The number of hydrogen-bond donors (Lipinski definition) is 1. The molecule has 8 heteroatoms. The van der Waals surface area contributed by atoms with Crippen LogP contribution in [-0.4, -0.2) is 21.1 Å². The first-order chi connectivity index (χ1) is 7.85. The van der Waals surface area contributed by atoms with Gasteiger partial charge in [0, 0.05) is 11.8 Å². The van der Waals surface area contributed by atoms with Gasteiger partial charge >= 0.3 is 6.18 Å². The van der Waals surface area contributed by atoms with Crippen LogP contribution in [0.1, 0.15) is 0 Å². The van der Waals surface area contributed by atoms with E-state index in [2.05, 4.69) is 4.98 Å². The third kappa shape index (κ3) is 2.76. The number of rotatable bonds is 2. The maximum atomic E-state index is 12.0. The van der Waals surface area contributed by atoms with Gasteiger partial charge in [-0.2, -0.15) is 13.2 Å². The van der Waals surface area contributed by atoms with Crippen molar-refractivity contribution in [1.29, 1.82) is 0 Å². The minimum Gasteiger partial charge on any atom is -0.430 e. The summed E-state index contributed by atoms with van der Waals surface area (Å²) in [5.41, 5.74) is 6.40. The van der Waals surface area contributed by atoms with E-state index in [1.807, 2.05) is 0 Å². The predicted molar refractivity (Wildman–Crippen MR) is 55.8 cm³/mol. The highest BCUT2D eigenvalue weighted by Gasteiger charge is 2.33. The molecule has 17 heavy (non-hydrogen) atoms. The van der Waals surface area contributed by atoms with Crippen molar-refractivity contribution in [2.45, 2.75) is 11.4 Å². The Morgan fingerprint density at radius 3 is 2.76 bits per heavy atom. The molecule has 1 aromatic carbocycles. The fourth-order valence-corrected chi connectivity index (χ4v) is 2.03. The topological polar surface area (TPSA) is 69.1 Å². The second kappa shape index (κ2) is 4.02. The molecule has 0 aliphatic rings. The summed E-state index contributed by atoms with van der Waals surface area (Å²) in [7, 11) is -2.34. The van der Waals surface area contributed by atoms with Gasteiger partial charge in [0.05, 0.1) is 0 Å². The van der Waals surface area contributed by atoms with Crippen LogP contribution in [0.15, 0.2) is 27.8 Å². The minimum atomic E-state index is -4.52. The zero-order chi connectivity index (χ0) is 12.6. The molecule has 1 aromatic heterocycles. The Labute approximate surface area is 96.1 Å². The number of nitrogens with zero attached hydrogens (tertiary/aromatic N) is 1. The van der Waals surface area contributed by atoms with Crippen LogP contribution in [0.5, 0.6) is 0 Å². The standard InChI is InChI=1S/C9H7F3N2O2S/c10-9(11,12)4-17(15)8-14-6-2-1-5(13)3-7(6)16-8/h1-3H,4,13H2. The number of hydrogen-bond acceptors (Lipinski definition) is 4. The minimum absolute atomic E-state index is 0.218. The molecule has 0 fully saturated rings. The molecular weight excluding hydrogens is 257 g/mol. The molecule has 92 valence electrons. The highest BCUT2D eigenvalue weighted by atomic mass is 32.2. The first-order valence-corrected chi connectivity index (χ1v) is 5.78. The van der Waals surface area contributed by atoms with Gasteiger partial charge in [0.15, 0.2) is 5.58 Å². The van der Waals surface area contributed by atoms with Crippen molar-refractivity contribution in [1.82, 2.24) is 4.98 Å². The van der Waals surface area contributed by atoms with Crippen LogP contribution in [0.2, 0.25) is 0 Å². The Hall–Kier alpha value is -1.57. The zero-order valence-corrected chi connectivity index (χ0v) is 9.14. The zero-order valence-electron chi connectivity index (χ0n) is 8.32. The van der Waals surface area contributed by atoms with Gasteiger partial charge in [-0.1, -0.05) is 0 Å². The van der Waals surface area contributed by atoms with Crippen LogP contribution in [-0.2, 0) is 10.8 Å². The van der Waals surface area contributed by atoms with Crippen LogP contribution in [0.4, 0.5) is 18.9 Å². The van der Waals surface area contributed by atoms with E-state index in [1.165, 1.54) is 18.2 Å². The second-order valence-corrected chi connectivity index (χ2v) is 4.64. The average Bonchev–Trinajstić information content (AvgIpc) is 2.57. The largest absolute Gasteiger partial charge is 0.430 e. The average molecular weight is 264 g/mol. The third-order valence-corrected chi connectivity index (χ3v) is 3.04. The maximum absolute atomic E-state index is 12.0. The number of nitrogen functional groups attached to an aromatic ring is 1. The summed E-state index contributed by atoms with van der Waals surface area (Å²) in [6.45, 7) is 0. The van der Waals surface area contributed by atoms with E-state index in [1.54, 1.807) is 0 Å². The number of fused-ring (bicyclic) bond motifs is 1. The van der Waals surface area contributed by atoms with E-state index in [9.17, 15) is 17.4 Å². The van der Waals surface area contributed by atoms with Gasteiger partial charge in [-0.25, -0.2) is 9.19 Å². The molecule has 2 rings (SSSR count). The van der Waals surface area contributed by atoms with Gasteiger partial charge in [0.25, 0.3) is 5.22 Å². The first-order valence-electron chi connectivity index (χ1n) is 4.46. The Bertz CT molecular complexity index is 579. The van der Waals surface area contributed by atoms with Crippen molar-refractivity contribution in [3.8, 4) is 0 Å². The quantitative estimate of drug-likeness (QED) is 0.843. The number of halogens is 3. The molecule has 2 aromatic rings. The molecule has 0 aliphatic carbocycles. The van der Waals surface area contributed by atoms with Gasteiger partial charge in [-0.05, 0) is 12.1 Å². The molecule has 2 N–H and O–H groups in total. The van der Waals surface area contributed by atoms with E-state index in [-0.39, 0.29) is 5.58 Å². The Kier molecular flexibility index (Phi) is 2.82. The molecule has 4 nitrogen and oxygen atoms in total. The van der Waals surface area contributed by atoms with Crippen LogP contribution < -0.4 is 5.73 Å². The van der Waals surface area contributed by atoms with Crippen molar-refractivity contribution in [2.24, 2.45) is 0 Å². The summed E-state index contributed by atoms with van der Waals surface area (Å²) < 4.78 is 52.4. The van der Waals surface area contributed by atoms with Crippen LogP contribution in [0.3, 0.4) is 0 Å². The molecule has 0 spiro atoms. The predicted octanol–water partition coefficient (Wildman–Crippen LogP) is 2.08. The summed E-state index contributed by atoms with van der Waals surface area (Å²) in [5.74, 6) is -1.48.